The van der Waals surface area contributed by atoms with E-state index in [0.29, 0.717) is 11.0 Å². The van der Waals surface area contributed by atoms with Crippen molar-refractivity contribution in [2.45, 2.75) is 52.0 Å². The van der Waals surface area contributed by atoms with E-state index in [-0.39, 0.29) is 12.0 Å². The summed E-state index contributed by atoms with van der Waals surface area (Å²) in [6, 6.07) is 2.10. The van der Waals surface area contributed by atoms with Gasteiger partial charge in [0.25, 0.3) is 0 Å². The van der Waals surface area contributed by atoms with Gasteiger partial charge in [-0.3, -0.25) is 9.59 Å². The van der Waals surface area contributed by atoms with Crippen LogP contribution in [0.2, 0.25) is 0 Å². The molecule has 0 saturated heterocycles. The molecule has 146 valence electrons. The maximum absolute atomic E-state index is 13.2. The molecule has 0 fully saturated rings. The molecule has 2 rings (SSSR count). The van der Waals surface area contributed by atoms with Gasteiger partial charge in [-0.25, -0.2) is 13.8 Å². The lowest BCUT2D eigenvalue weighted by Crippen LogP contribution is -2.42. The van der Waals surface area contributed by atoms with Crippen molar-refractivity contribution in [2.24, 2.45) is 0 Å². The molecule has 1 aromatic heterocycles. The maximum atomic E-state index is 13.2. The van der Waals surface area contributed by atoms with Gasteiger partial charge in [0.2, 0.25) is 11.8 Å². The van der Waals surface area contributed by atoms with E-state index in [2.05, 4.69) is 29.5 Å². The summed E-state index contributed by atoms with van der Waals surface area (Å²) in [5.41, 5.74) is 0.201. The highest BCUT2D eigenvalue weighted by Crippen LogP contribution is 2.30. The third-order valence-electron chi connectivity index (χ3n) is 4.20. The summed E-state index contributed by atoms with van der Waals surface area (Å²) in [6.07, 6.45) is 3.54. The Balaban J connectivity index is 1.90. The SMILES string of the molecule is CCC(CC)c1cnc(NC(=O)C(C)NC(=O)Cc2cc(F)cc(F)c2)s1. The van der Waals surface area contributed by atoms with E-state index < -0.39 is 29.5 Å². The molecule has 0 spiro atoms. The second-order valence-electron chi connectivity index (χ2n) is 6.31. The highest BCUT2D eigenvalue weighted by atomic mass is 32.1. The average molecular weight is 395 g/mol. The van der Waals surface area contributed by atoms with Gasteiger partial charge < -0.3 is 10.6 Å². The molecule has 2 amide bonds. The molecule has 0 aliphatic rings. The molecule has 2 N–H and O–H groups in total. The molecular formula is C19H23F2N3O2S. The normalized spacial score (nSPS) is 12.1. The van der Waals surface area contributed by atoms with Gasteiger partial charge in [-0.05, 0) is 43.4 Å². The first-order chi connectivity index (χ1) is 12.8. The molecule has 1 aromatic carbocycles. The van der Waals surface area contributed by atoms with Crippen molar-refractivity contribution in [1.29, 1.82) is 0 Å². The van der Waals surface area contributed by atoms with E-state index in [1.807, 2.05) is 0 Å². The number of nitrogens with one attached hydrogen (secondary N) is 2. The summed E-state index contributed by atoms with van der Waals surface area (Å²) in [4.78, 5) is 29.6. The minimum absolute atomic E-state index is 0.201. The maximum Gasteiger partial charge on any atom is 0.248 e. The van der Waals surface area contributed by atoms with Gasteiger partial charge in [0.1, 0.15) is 17.7 Å². The summed E-state index contributed by atoms with van der Waals surface area (Å²) >= 11 is 1.42. The zero-order valence-corrected chi connectivity index (χ0v) is 16.3. The minimum Gasteiger partial charge on any atom is -0.344 e. The number of hydrogen-bond donors (Lipinski definition) is 2. The third kappa shape index (κ3) is 6.09. The number of hydrogen-bond acceptors (Lipinski definition) is 4. The van der Waals surface area contributed by atoms with Crippen LogP contribution >= 0.6 is 11.3 Å². The smallest absolute Gasteiger partial charge is 0.248 e. The van der Waals surface area contributed by atoms with Crippen LogP contribution in [0, 0.1) is 11.6 Å². The molecule has 0 aliphatic heterocycles. The fourth-order valence-electron chi connectivity index (χ4n) is 2.69. The second-order valence-corrected chi connectivity index (χ2v) is 7.38. The number of halogens is 2. The number of benzene rings is 1. The lowest BCUT2D eigenvalue weighted by atomic mass is 10.0. The molecule has 2 aromatic rings. The van der Waals surface area contributed by atoms with Gasteiger partial charge in [0.15, 0.2) is 5.13 Å². The molecule has 0 saturated carbocycles. The quantitative estimate of drug-likeness (QED) is 0.709. The summed E-state index contributed by atoms with van der Waals surface area (Å²) in [7, 11) is 0. The molecule has 1 unspecified atom stereocenters. The van der Waals surface area contributed by atoms with Crippen LogP contribution in [-0.4, -0.2) is 22.8 Å². The number of aromatic nitrogens is 1. The Kier molecular flexibility index (Phi) is 7.41. The van der Waals surface area contributed by atoms with E-state index in [1.54, 1.807) is 6.20 Å². The first kappa shape index (κ1) is 21.0. The largest absolute Gasteiger partial charge is 0.344 e. The lowest BCUT2D eigenvalue weighted by Gasteiger charge is -2.13. The van der Waals surface area contributed by atoms with Crippen molar-refractivity contribution >= 4 is 28.3 Å². The fraction of sp³-hybridized carbons (Fsp3) is 0.421. The highest BCUT2D eigenvalue weighted by Gasteiger charge is 2.18. The molecule has 0 radical (unpaired) electrons. The van der Waals surface area contributed by atoms with Crippen molar-refractivity contribution < 1.29 is 18.4 Å². The van der Waals surface area contributed by atoms with Crippen molar-refractivity contribution in [1.82, 2.24) is 10.3 Å². The van der Waals surface area contributed by atoms with Crippen LogP contribution in [0.1, 0.15) is 50.0 Å². The van der Waals surface area contributed by atoms with Crippen LogP contribution in [-0.2, 0) is 16.0 Å². The van der Waals surface area contributed by atoms with E-state index in [4.69, 9.17) is 0 Å². The standard InChI is InChI=1S/C19H23F2N3O2S/c1-4-13(5-2)16-10-22-19(27-16)24-18(26)11(3)23-17(25)8-12-6-14(20)9-15(21)7-12/h6-7,9-11,13H,4-5,8H2,1-3H3,(H,23,25)(H,22,24,26). The van der Waals surface area contributed by atoms with Crippen LogP contribution in [0.4, 0.5) is 13.9 Å². The molecule has 5 nitrogen and oxygen atoms in total. The number of anilines is 1. The van der Waals surface area contributed by atoms with Crippen LogP contribution in [0.3, 0.4) is 0 Å². The van der Waals surface area contributed by atoms with Crippen molar-refractivity contribution in [3.63, 3.8) is 0 Å². The molecule has 8 heteroatoms. The van der Waals surface area contributed by atoms with E-state index >= 15 is 0 Å². The number of carbonyl (C=O) groups is 2. The third-order valence-corrected chi connectivity index (χ3v) is 5.27. The van der Waals surface area contributed by atoms with Crippen molar-refractivity contribution in [3.05, 3.63) is 46.5 Å². The van der Waals surface area contributed by atoms with E-state index in [1.165, 1.54) is 18.3 Å². The summed E-state index contributed by atoms with van der Waals surface area (Å²) in [5, 5.41) is 5.69. The van der Waals surface area contributed by atoms with Gasteiger partial charge in [-0.15, -0.1) is 11.3 Å². The molecule has 1 heterocycles. The fourth-order valence-corrected chi connectivity index (χ4v) is 3.78. The van der Waals surface area contributed by atoms with Gasteiger partial charge in [-0.1, -0.05) is 13.8 Å². The molecular weight excluding hydrogens is 372 g/mol. The first-order valence-electron chi connectivity index (χ1n) is 8.83. The van der Waals surface area contributed by atoms with Crippen molar-refractivity contribution in [2.75, 3.05) is 5.32 Å². The zero-order valence-electron chi connectivity index (χ0n) is 15.5. The number of thiazole rings is 1. The van der Waals surface area contributed by atoms with Crippen LogP contribution in [0.5, 0.6) is 0 Å². The molecule has 27 heavy (non-hydrogen) atoms. The predicted molar refractivity (Wildman–Crippen MR) is 102 cm³/mol. The number of nitrogens with zero attached hydrogens (tertiary/aromatic N) is 1. The Morgan fingerprint density at radius 1 is 1.15 bits per heavy atom. The summed E-state index contributed by atoms with van der Waals surface area (Å²) < 4.78 is 26.4. The number of carbonyl (C=O) groups excluding carboxylic acids is 2. The zero-order chi connectivity index (χ0) is 20.0. The van der Waals surface area contributed by atoms with Crippen LogP contribution < -0.4 is 10.6 Å². The highest BCUT2D eigenvalue weighted by molar-refractivity contribution is 7.15. The molecule has 1 atom stereocenters. The first-order valence-corrected chi connectivity index (χ1v) is 9.64. The summed E-state index contributed by atoms with van der Waals surface area (Å²) in [6.45, 7) is 5.75. The Morgan fingerprint density at radius 2 is 1.78 bits per heavy atom. The topological polar surface area (TPSA) is 71.1 Å². The van der Waals surface area contributed by atoms with Crippen LogP contribution in [0.25, 0.3) is 0 Å². The van der Waals surface area contributed by atoms with Gasteiger partial charge >= 0.3 is 0 Å². The van der Waals surface area contributed by atoms with Gasteiger partial charge in [0, 0.05) is 17.1 Å². The number of amides is 2. The van der Waals surface area contributed by atoms with E-state index in [9.17, 15) is 18.4 Å². The van der Waals surface area contributed by atoms with Gasteiger partial charge in [-0.2, -0.15) is 0 Å². The Morgan fingerprint density at radius 3 is 2.37 bits per heavy atom. The molecule has 0 bridgehead atoms. The Bertz CT molecular complexity index is 786. The molecule has 0 aliphatic carbocycles. The second kappa shape index (κ2) is 9.55. The van der Waals surface area contributed by atoms with E-state index in [0.717, 1.165) is 35.9 Å². The van der Waals surface area contributed by atoms with Crippen LogP contribution in [0.15, 0.2) is 24.4 Å². The lowest BCUT2D eigenvalue weighted by molar-refractivity contribution is -0.125. The van der Waals surface area contributed by atoms with Gasteiger partial charge in [0.05, 0.1) is 6.42 Å². The Hall–Kier alpha value is -2.35. The summed E-state index contributed by atoms with van der Waals surface area (Å²) in [5.74, 6) is -1.99. The average Bonchev–Trinajstić information content (AvgIpc) is 3.03. The number of rotatable bonds is 8. The minimum atomic E-state index is -0.809. The van der Waals surface area contributed by atoms with Crippen molar-refractivity contribution in [3.8, 4) is 0 Å². The monoisotopic (exact) mass is 395 g/mol. The Labute approximate surface area is 161 Å². The predicted octanol–water partition coefficient (Wildman–Crippen LogP) is 4.01.